The van der Waals surface area contributed by atoms with Crippen molar-refractivity contribution in [3.8, 4) is 0 Å². The van der Waals surface area contributed by atoms with Crippen LogP contribution in [0.4, 0.5) is 5.69 Å². The summed E-state index contributed by atoms with van der Waals surface area (Å²) < 4.78 is 0. The van der Waals surface area contributed by atoms with Gasteiger partial charge in [0.05, 0.1) is 11.9 Å². The number of nitrogen functional groups attached to an aromatic ring is 1. The van der Waals surface area contributed by atoms with Gasteiger partial charge in [0.15, 0.2) is 5.69 Å². The Balaban J connectivity index is 2.40. The molecular weight excluding hydrogens is 284 g/mol. The molecule has 1 amide bonds. The number of nitrogens with one attached hydrogen (secondary N) is 1. The molecule has 0 bridgehead atoms. The van der Waals surface area contributed by atoms with Crippen molar-refractivity contribution in [1.82, 2.24) is 15.3 Å². The van der Waals surface area contributed by atoms with Crippen molar-refractivity contribution in [3.05, 3.63) is 17.7 Å². The van der Waals surface area contributed by atoms with E-state index in [2.05, 4.69) is 21.5 Å². The van der Waals surface area contributed by atoms with E-state index in [1.807, 2.05) is 25.6 Å². The number of unbranched alkanes of at least 4 members (excludes halogenated alkanes) is 3. The summed E-state index contributed by atoms with van der Waals surface area (Å²) in [6, 6.07) is 0. The minimum atomic E-state index is -0.207. The standard InChI is InChI=1S/C15H26N4OS/c1-11(2)14-18-10-12(16)13(19-14)15(20)17-8-6-4-5-7-9-21-3/h10-11H,4-9,16H2,1-3H3,(H,17,20). The first-order valence-electron chi connectivity index (χ1n) is 7.45. The van der Waals surface area contributed by atoms with Crippen molar-refractivity contribution in [2.24, 2.45) is 0 Å². The van der Waals surface area contributed by atoms with Crippen molar-refractivity contribution in [2.75, 3.05) is 24.3 Å². The fourth-order valence-corrected chi connectivity index (χ4v) is 2.37. The van der Waals surface area contributed by atoms with E-state index in [-0.39, 0.29) is 17.5 Å². The van der Waals surface area contributed by atoms with E-state index >= 15 is 0 Å². The Bertz CT molecular complexity index is 451. The maximum atomic E-state index is 12.1. The summed E-state index contributed by atoms with van der Waals surface area (Å²) in [5, 5.41) is 2.88. The summed E-state index contributed by atoms with van der Waals surface area (Å²) in [6.45, 7) is 4.64. The van der Waals surface area contributed by atoms with E-state index in [9.17, 15) is 4.79 Å². The molecule has 0 aliphatic rings. The number of nitrogens with zero attached hydrogens (tertiary/aromatic N) is 2. The second-order valence-electron chi connectivity index (χ2n) is 5.35. The molecule has 0 aromatic carbocycles. The van der Waals surface area contributed by atoms with E-state index in [4.69, 9.17) is 5.73 Å². The van der Waals surface area contributed by atoms with Gasteiger partial charge in [-0.3, -0.25) is 4.79 Å². The molecule has 3 N–H and O–H groups in total. The lowest BCUT2D eigenvalue weighted by Crippen LogP contribution is -2.27. The van der Waals surface area contributed by atoms with Crippen LogP contribution < -0.4 is 11.1 Å². The maximum absolute atomic E-state index is 12.1. The molecule has 0 aliphatic carbocycles. The first kappa shape index (κ1) is 17.8. The average molecular weight is 310 g/mol. The van der Waals surface area contributed by atoms with Gasteiger partial charge in [0, 0.05) is 12.5 Å². The predicted octanol–water partition coefficient (Wildman–Crippen LogP) is 2.84. The number of aromatic nitrogens is 2. The fourth-order valence-electron chi connectivity index (χ4n) is 1.88. The zero-order valence-corrected chi connectivity index (χ0v) is 14.0. The summed E-state index contributed by atoms with van der Waals surface area (Å²) in [5.41, 5.74) is 6.41. The van der Waals surface area contributed by atoms with Gasteiger partial charge in [0.2, 0.25) is 0 Å². The maximum Gasteiger partial charge on any atom is 0.272 e. The molecule has 118 valence electrons. The Morgan fingerprint density at radius 2 is 2.05 bits per heavy atom. The van der Waals surface area contributed by atoms with E-state index in [1.54, 1.807) is 0 Å². The molecular formula is C15H26N4OS. The zero-order valence-electron chi connectivity index (χ0n) is 13.2. The van der Waals surface area contributed by atoms with E-state index in [0.717, 1.165) is 12.8 Å². The van der Waals surface area contributed by atoms with Gasteiger partial charge in [0.25, 0.3) is 5.91 Å². The number of hydrogen-bond acceptors (Lipinski definition) is 5. The Hall–Kier alpha value is -1.30. The molecule has 0 saturated heterocycles. The van der Waals surface area contributed by atoms with Gasteiger partial charge in [-0.15, -0.1) is 0 Å². The quantitative estimate of drug-likeness (QED) is 0.685. The van der Waals surface area contributed by atoms with Gasteiger partial charge in [-0.1, -0.05) is 26.7 Å². The summed E-state index contributed by atoms with van der Waals surface area (Å²) >= 11 is 1.87. The van der Waals surface area contributed by atoms with Crippen LogP contribution >= 0.6 is 11.8 Å². The second kappa shape index (κ2) is 9.60. The molecule has 0 radical (unpaired) electrons. The Kier molecular flexibility index (Phi) is 8.12. The lowest BCUT2D eigenvalue weighted by Gasteiger charge is -2.09. The summed E-state index contributed by atoms with van der Waals surface area (Å²) in [6.07, 6.45) is 8.21. The molecule has 0 unspecified atom stereocenters. The highest BCUT2D eigenvalue weighted by atomic mass is 32.2. The van der Waals surface area contributed by atoms with Crippen LogP contribution in [0.1, 0.15) is 61.8 Å². The van der Waals surface area contributed by atoms with Gasteiger partial charge in [-0.05, 0) is 24.9 Å². The molecule has 21 heavy (non-hydrogen) atoms. The molecule has 0 aliphatic heterocycles. The summed E-state index contributed by atoms with van der Waals surface area (Å²) in [5.74, 6) is 1.82. The van der Waals surface area contributed by atoms with Crippen LogP contribution in [-0.2, 0) is 0 Å². The van der Waals surface area contributed by atoms with Gasteiger partial charge >= 0.3 is 0 Å². The van der Waals surface area contributed by atoms with Crippen molar-refractivity contribution in [1.29, 1.82) is 0 Å². The monoisotopic (exact) mass is 310 g/mol. The molecule has 1 heterocycles. The Morgan fingerprint density at radius 1 is 1.33 bits per heavy atom. The Morgan fingerprint density at radius 3 is 2.71 bits per heavy atom. The van der Waals surface area contributed by atoms with Crippen LogP contribution in [-0.4, -0.2) is 34.4 Å². The minimum absolute atomic E-state index is 0.175. The second-order valence-corrected chi connectivity index (χ2v) is 6.34. The molecule has 0 atom stereocenters. The zero-order chi connectivity index (χ0) is 15.7. The molecule has 0 spiro atoms. The third-order valence-corrected chi connectivity index (χ3v) is 3.82. The number of rotatable bonds is 9. The smallest absolute Gasteiger partial charge is 0.272 e. The topological polar surface area (TPSA) is 80.9 Å². The van der Waals surface area contributed by atoms with E-state index < -0.39 is 0 Å². The highest BCUT2D eigenvalue weighted by molar-refractivity contribution is 7.98. The number of carbonyl (C=O) groups is 1. The normalized spacial score (nSPS) is 10.9. The van der Waals surface area contributed by atoms with Gasteiger partial charge in [-0.2, -0.15) is 11.8 Å². The molecule has 0 saturated carbocycles. The predicted molar refractivity (Wildman–Crippen MR) is 89.7 cm³/mol. The lowest BCUT2D eigenvalue weighted by atomic mass is 10.2. The van der Waals surface area contributed by atoms with Crippen molar-refractivity contribution in [3.63, 3.8) is 0 Å². The largest absolute Gasteiger partial charge is 0.396 e. The molecule has 1 aromatic heterocycles. The molecule has 5 nitrogen and oxygen atoms in total. The van der Waals surface area contributed by atoms with Gasteiger partial charge < -0.3 is 11.1 Å². The highest BCUT2D eigenvalue weighted by Crippen LogP contribution is 2.13. The molecule has 0 fully saturated rings. The fraction of sp³-hybridized carbons (Fsp3) is 0.667. The van der Waals surface area contributed by atoms with Crippen LogP contribution in [0, 0.1) is 0 Å². The van der Waals surface area contributed by atoms with Crippen LogP contribution in [0.2, 0.25) is 0 Å². The van der Waals surface area contributed by atoms with Crippen molar-refractivity contribution >= 4 is 23.4 Å². The van der Waals surface area contributed by atoms with Gasteiger partial charge in [-0.25, -0.2) is 9.97 Å². The number of anilines is 1. The van der Waals surface area contributed by atoms with Gasteiger partial charge in [0.1, 0.15) is 5.82 Å². The van der Waals surface area contributed by atoms with Crippen LogP contribution in [0.15, 0.2) is 6.20 Å². The number of nitrogens with two attached hydrogens (primary N) is 1. The lowest BCUT2D eigenvalue weighted by molar-refractivity contribution is 0.0948. The highest BCUT2D eigenvalue weighted by Gasteiger charge is 2.14. The van der Waals surface area contributed by atoms with Crippen molar-refractivity contribution < 1.29 is 4.79 Å². The van der Waals surface area contributed by atoms with E-state index in [0.29, 0.717) is 18.1 Å². The number of hydrogen-bond donors (Lipinski definition) is 2. The third kappa shape index (κ3) is 6.33. The van der Waals surface area contributed by atoms with Crippen LogP contribution in [0.25, 0.3) is 0 Å². The number of amides is 1. The van der Waals surface area contributed by atoms with Crippen molar-refractivity contribution in [2.45, 2.75) is 45.4 Å². The van der Waals surface area contributed by atoms with E-state index in [1.165, 1.54) is 24.8 Å². The minimum Gasteiger partial charge on any atom is -0.396 e. The molecule has 1 aromatic rings. The van der Waals surface area contributed by atoms with Crippen LogP contribution in [0.5, 0.6) is 0 Å². The number of thioether (sulfide) groups is 1. The summed E-state index contributed by atoms with van der Waals surface area (Å²) in [7, 11) is 0. The first-order valence-corrected chi connectivity index (χ1v) is 8.85. The SMILES string of the molecule is CSCCCCCCNC(=O)c1nc(C(C)C)ncc1N. The van der Waals surface area contributed by atoms with Crippen LogP contribution in [0.3, 0.4) is 0 Å². The molecule has 6 heteroatoms. The Labute approximate surface area is 131 Å². The average Bonchev–Trinajstić information content (AvgIpc) is 2.46. The third-order valence-electron chi connectivity index (χ3n) is 3.13. The molecule has 1 rings (SSSR count). The first-order chi connectivity index (χ1) is 10.1. The number of carbonyl (C=O) groups excluding carboxylic acids is 1. The summed E-state index contributed by atoms with van der Waals surface area (Å²) in [4.78, 5) is 20.5.